The SMILES string of the molecule is CC(C)C(=O)O.CC(C)C(=O)O.CC(C)C(=O)O.CC(C)C(=O)O.CCN(C)CCN. The van der Waals surface area contributed by atoms with Crippen molar-refractivity contribution in [2.24, 2.45) is 29.4 Å². The first kappa shape index (κ1) is 39.3. The van der Waals surface area contributed by atoms with E-state index in [0.717, 1.165) is 19.6 Å². The van der Waals surface area contributed by atoms with E-state index in [1.165, 1.54) is 0 Å². The molecule has 0 aliphatic carbocycles. The van der Waals surface area contributed by atoms with E-state index in [0.29, 0.717) is 0 Å². The molecular formula is C21H46N2O8. The Hall–Kier alpha value is -2.20. The lowest BCUT2D eigenvalue weighted by atomic mass is 10.2. The van der Waals surface area contributed by atoms with Crippen LogP contribution in [0.4, 0.5) is 0 Å². The van der Waals surface area contributed by atoms with Gasteiger partial charge in [0.1, 0.15) is 0 Å². The largest absolute Gasteiger partial charge is 0.481 e. The summed E-state index contributed by atoms with van der Waals surface area (Å²) in [5, 5.41) is 32.0. The molecule has 6 N–H and O–H groups in total. The lowest BCUT2D eigenvalue weighted by Crippen LogP contribution is -2.24. The molecule has 0 bridgehead atoms. The van der Waals surface area contributed by atoms with Gasteiger partial charge in [0.05, 0.1) is 23.7 Å². The standard InChI is InChI=1S/C5H14N2.4C4H8O2/c1-3-7(2)5-4-6;4*1-3(2)4(5)6/h3-6H2,1-2H3;4*3H,1-2H3,(H,5,6). The van der Waals surface area contributed by atoms with Crippen LogP contribution >= 0.6 is 0 Å². The van der Waals surface area contributed by atoms with E-state index in [9.17, 15) is 19.2 Å². The van der Waals surface area contributed by atoms with Crippen LogP contribution in [0, 0.1) is 23.7 Å². The quantitative estimate of drug-likeness (QED) is 0.384. The van der Waals surface area contributed by atoms with Crippen LogP contribution in [0.3, 0.4) is 0 Å². The second-order valence-electron chi connectivity index (χ2n) is 7.66. The molecule has 0 rings (SSSR count). The molecule has 188 valence electrons. The first-order chi connectivity index (χ1) is 13.9. The second kappa shape index (κ2) is 25.8. The van der Waals surface area contributed by atoms with Gasteiger partial charge in [0.2, 0.25) is 0 Å². The van der Waals surface area contributed by atoms with Crippen molar-refractivity contribution in [1.82, 2.24) is 4.90 Å². The number of hydrogen-bond donors (Lipinski definition) is 5. The monoisotopic (exact) mass is 454 g/mol. The zero-order valence-corrected chi connectivity index (χ0v) is 20.9. The van der Waals surface area contributed by atoms with E-state index >= 15 is 0 Å². The molecule has 10 heteroatoms. The summed E-state index contributed by atoms with van der Waals surface area (Å²) in [5.41, 5.74) is 5.26. The number of nitrogens with two attached hydrogens (primary N) is 1. The van der Waals surface area contributed by atoms with Crippen molar-refractivity contribution in [3.8, 4) is 0 Å². The van der Waals surface area contributed by atoms with E-state index in [1.807, 2.05) is 0 Å². The van der Waals surface area contributed by atoms with Crippen LogP contribution in [0.1, 0.15) is 62.3 Å². The molecule has 10 nitrogen and oxygen atoms in total. The molecule has 0 aliphatic rings. The molecule has 0 heterocycles. The van der Waals surface area contributed by atoms with Gasteiger partial charge in [-0.1, -0.05) is 62.3 Å². The summed E-state index contributed by atoms with van der Waals surface area (Å²) < 4.78 is 0. The van der Waals surface area contributed by atoms with Crippen molar-refractivity contribution >= 4 is 23.9 Å². The van der Waals surface area contributed by atoms with Gasteiger partial charge in [0, 0.05) is 13.1 Å². The van der Waals surface area contributed by atoms with Crippen molar-refractivity contribution in [3.05, 3.63) is 0 Å². The van der Waals surface area contributed by atoms with Gasteiger partial charge in [0.25, 0.3) is 0 Å². The molecule has 0 aromatic rings. The smallest absolute Gasteiger partial charge is 0.305 e. The maximum atomic E-state index is 9.70. The summed E-state index contributed by atoms with van der Waals surface area (Å²) in [6, 6.07) is 0. The number of hydrogen-bond acceptors (Lipinski definition) is 6. The maximum Gasteiger partial charge on any atom is 0.305 e. The first-order valence-corrected chi connectivity index (χ1v) is 10.2. The molecule has 0 fully saturated rings. The molecule has 0 spiro atoms. The van der Waals surface area contributed by atoms with Crippen LogP contribution in [0.15, 0.2) is 0 Å². The molecule has 0 atom stereocenters. The first-order valence-electron chi connectivity index (χ1n) is 10.2. The highest BCUT2D eigenvalue weighted by Crippen LogP contribution is 1.88. The van der Waals surface area contributed by atoms with Gasteiger partial charge in [-0.15, -0.1) is 0 Å². The predicted molar refractivity (Wildman–Crippen MR) is 122 cm³/mol. The van der Waals surface area contributed by atoms with E-state index in [1.54, 1.807) is 55.4 Å². The molecule has 0 amide bonds. The van der Waals surface area contributed by atoms with Crippen LogP contribution in [-0.4, -0.2) is 75.9 Å². The molecule has 0 saturated carbocycles. The van der Waals surface area contributed by atoms with E-state index < -0.39 is 23.9 Å². The fourth-order valence-electron chi connectivity index (χ4n) is 0.379. The zero-order valence-electron chi connectivity index (χ0n) is 20.9. The Kier molecular flexibility index (Phi) is 32.7. The Bertz CT molecular complexity index is 392. The number of carboxylic acids is 4. The van der Waals surface area contributed by atoms with Crippen LogP contribution in [0.25, 0.3) is 0 Å². The minimum absolute atomic E-state index is 0.231. The predicted octanol–water partition coefficient (Wildman–Crippen LogP) is 2.80. The van der Waals surface area contributed by atoms with Crippen molar-refractivity contribution in [2.45, 2.75) is 62.3 Å². The zero-order chi connectivity index (χ0) is 26.3. The minimum atomic E-state index is -0.741. The Morgan fingerprint density at radius 2 is 0.806 bits per heavy atom. The fourth-order valence-corrected chi connectivity index (χ4v) is 0.379. The van der Waals surface area contributed by atoms with E-state index in [2.05, 4.69) is 18.9 Å². The van der Waals surface area contributed by atoms with Gasteiger partial charge in [0.15, 0.2) is 0 Å². The van der Waals surface area contributed by atoms with Crippen molar-refractivity contribution in [2.75, 3.05) is 26.7 Å². The topological polar surface area (TPSA) is 178 Å². The molecule has 0 aromatic carbocycles. The third-order valence-electron chi connectivity index (χ3n) is 3.03. The Morgan fingerprint density at radius 1 is 0.645 bits per heavy atom. The second-order valence-corrected chi connectivity index (χ2v) is 7.66. The number of carbonyl (C=O) groups is 4. The van der Waals surface area contributed by atoms with E-state index in [4.69, 9.17) is 26.2 Å². The van der Waals surface area contributed by atoms with Gasteiger partial charge in [-0.25, -0.2) is 0 Å². The highest BCUT2D eigenvalue weighted by Gasteiger charge is 2.00. The third-order valence-corrected chi connectivity index (χ3v) is 3.03. The summed E-state index contributed by atoms with van der Waals surface area (Å²) in [5.74, 6) is -3.89. The average Bonchev–Trinajstić information content (AvgIpc) is 2.63. The molecule has 31 heavy (non-hydrogen) atoms. The van der Waals surface area contributed by atoms with Crippen molar-refractivity contribution < 1.29 is 39.6 Å². The normalized spacial score (nSPS) is 9.42. The van der Waals surface area contributed by atoms with Crippen LogP contribution in [0.5, 0.6) is 0 Å². The van der Waals surface area contributed by atoms with E-state index in [-0.39, 0.29) is 23.7 Å². The molecule has 0 unspecified atom stereocenters. The molecular weight excluding hydrogens is 408 g/mol. The molecule has 0 aliphatic heterocycles. The van der Waals surface area contributed by atoms with Crippen LogP contribution < -0.4 is 5.73 Å². The summed E-state index contributed by atoms with van der Waals surface area (Å²) >= 11 is 0. The lowest BCUT2D eigenvalue weighted by Gasteiger charge is -2.10. The average molecular weight is 455 g/mol. The Balaban J connectivity index is -0.0000000910. The number of likely N-dealkylation sites (N-methyl/N-ethyl adjacent to an activating group) is 1. The third kappa shape index (κ3) is 52.4. The summed E-state index contributed by atoms with van der Waals surface area (Å²) in [6.07, 6.45) is 0. The van der Waals surface area contributed by atoms with Crippen molar-refractivity contribution in [3.63, 3.8) is 0 Å². The minimum Gasteiger partial charge on any atom is -0.481 e. The number of aliphatic carboxylic acids is 4. The highest BCUT2D eigenvalue weighted by atomic mass is 16.4. The van der Waals surface area contributed by atoms with Gasteiger partial charge in [-0.2, -0.15) is 0 Å². The van der Waals surface area contributed by atoms with Gasteiger partial charge < -0.3 is 31.1 Å². The highest BCUT2D eigenvalue weighted by molar-refractivity contribution is 5.69. The molecule has 0 aromatic heterocycles. The summed E-state index contributed by atoms with van der Waals surface area (Å²) in [7, 11) is 2.06. The van der Waals surface area contributed by atoms with Crippen molar-refractivity contribution in [1.29, 1.82) is 0 Å². The van der Waals surface area contributed by atoms with Gasteiger partial charge in [-0.3, -0.25) is 19.2 Å². The van der Waals surface area contributed by atoms with Gasteiger partial charge in [-0.05, 0) is 13.6 Å². The van der Waals surface area contributed by atoms with Crippen LogP contribution in [-0.2, 0) is 19.2 Å². The Morgan fingerprint density at radius 3 is 0.839 bits per heavy atom. The number of carboxylic acid groups (broad SMARTS) is 4. The van der Waals surface area contributed by atoms with Gasteiger partial charge >= 0.3 is 23.9 Å². The van der Waals surface area contributed by atoms with Crippen LogP contribution in [0.2, 0.25) is 0 Å². The Labute approximate surface area is 187 Å². The number of rotatable bonds is 7. The fraction of sp³-hybridized carbons (Fsp3) is 0.810. The summed E-state index contributed by atoms with van der Waals surface area (Å²) in [4.78, 5) is 41.0. The molecule has 0 radical (unpaired) electrons. The number of nitrogens with zero attached hydrogens (tertiary/aromatic N) is 1. The summed E-state index contributed by atoms with van der Waals surface area (Å²) in [6.45, 7) is 18.1. The molecule has 0 saturated heterocycles. The lowest BCUT2D eigenvalue weighted by molar-refractivity contribution is -0.141. The maximum absolute atomic E-state index is 9.70.